The molecule has 4 aromatic rings. The third kappa shape index (κ3) is 4.09. The second-order valence-electron chi connectivity index (χ2n) is 15.0. The molecule has 41 heavy (non-hydrogen) atoms. The summed E-state index contributed by atoms with van der Waals surface area (Å²) >= 11 is 0. The van der Waals surface area contributed by atoms with Crippen LogP contribution < -0.4 is 8.85 Å². The summed E-state index contributed by atoms with van der Waals surface area (Å²) in [6.45, 7) is 23.1. The number of hydrogen-bond donors (Lipinski definition) is 0. The van der Waals surface area contributed by atoms with Crippen LogP contribution in [0.25, 0.3) is 22.3 Å². The van der Waals surface area contributed by atoms with Gasteiger partial charge in [-0.3, -0.25) is 0 Å². The molecular weight excluding hydrogens is 533 g/mol. The van der Waals surface area contributed by atoms with E-state index in [1.807, 2.05) is 0 Å². The van der Waals surface area contributed by atoms with Gasteiger partial charge in [-0.05, 0) is 105 Å². The lowest BCUT2D eigenvalue weighted by atomic mass is 9.70. The molecule has 0 atom stereocenters. The van der Waals surface area contributed by atoms with Crippen molar-refractivity contribution in [3.05, 3.63) is 107 Å². The highest BCUT2D eigenvalue weighted by atomic mass is 28.4. The van der Waals surface area contributed by atoms with Crippen LogP contribution in [0.4, 0.5) is 0 Å². The molecule has 1 spiro atoms. The van der Waals surface area contributed by atoms with Gasteiger partial charge >= 0.3 is 0 Å². The Balaban J connectivity index is 1.61. The van der Waals surface area contributed by atoms with Crippen LogP contribution in [0, 0.1) is 0 Å². The predicted octanol–water partition coefficient (Wildman–Crippen LogP) is 10.8. The molecule has 0 unspecified atom stereocenters. The molecule has 0 aromatic heterocycles. The molecule has 0 heterocycles. The second kappa shape index (κ2) is 8.96. The highest BCUT2D eigenvalue weighted by molar-refractivity contribution is 6.75. The van der Waals surface area contributed by atoms with Crippen LogP contribution in [0.15, 0.2) is 84.9 Å². The first kappa shape index (κ1) is 28.1. The molecule has 4 heteroatoms. The smallest absolute Gasteiger partial charge is 0.250 e. The molecule has 212 valence electrons. The van der Waals surface area contributed by atoms with Crippen LogP contribution in [0.3, 0.4) is 0 Å². The molecule has 0 saturated heterocycles. The normalized spacial score (nSPS) is 15.3. The first-order chi connectivity index (χ1) is 19.1. The Morgan fingerprint density at radius 1 is 0.463 bits per heavy atom. The maximum absolute atomic E-state index is 6.87. The van der Waals surface area contributed by atoms with Gasteiger partial charge in [-0.15, -0.1) is 0 Å². The Morgan fingerprint density at radius 3 is 1.17 bits per heavy atom. The van der Waals surface area contributed by atoms with Crippen molar-refractivity contribution >= 4 is 16.6 Å². The summed E-state index contributed by atoms with van der Waals surface area (Å²) in [6, 6.07) is 31.6. The minimum atomic E-state index is -2.01. The monoisotopic (exact) mass is 576 g/mol. The maximum atomic E-state index is 6.87. The van der Waals surface area contributed by atoms with Crippen LogP contribution >= 0.6 is 0 Å². The zero-order chi connectivity index (χ0) is 29.6. The zero-order valence-corrected chi connectivity index (χ0v) is 28.4. The summed E-state index contributed by atoms with van der Waals surface area (Å²) < 4.78 is 13.7. The minimum absolute atomic E-state index is 0.124. The van der Waals surface area contributed by atoms with Crippen molar-refractivity contribution in [2.24, 2.45) is 0 Å². The van der Waals surface area contributed by atoms with Crippen LogP contribution in [-0.2, 0) is 5.41 Å². The van der Waals surface area contributed by atoms with Gasteiger partial charge in [0.15, 0.2) is 0 Å². The Morgan fingerprint density at radius 2 is 0.805 bits per heavy atom. The van der Waals surface area contributed by atoms with Gasteiger partial charge in [-0.2, -0.15) is 0 Å². The van der Waals surface area contributed by atoms with E-state index in [4.69, 9.17) is 8.85 Å². The minimum Gasteiger partial charge on any atom is -0.543 e. The van der Waals surface area contributed by atoms with Crippen molar-refractivity contribution in [2.45, 2.75) is 83.2 Å². The molecule has 0 bridgehead atoms. The third-order valence-electron chi connectivity index (χ3n) is 10.4. The predicted molar refractivity (Wildman–Crippen MR) is 178 cm³/mol. The number of benzene rings is 4. The Hall–Kier alpha value is -3.09. The van der Waals surface area contributed by atoms with Crippen molar-refractivity contribution < 1.29 is 8.85 Å². The van der Waals surface area contributed by atoms with E-state index in [0.717, 1.165) is 11.5 Å². The number of rotatable bonds is 4. The first-order valence-electron chi connectivity index (χ1n) is 14.9. The van der Waals surface area contributed by atoms with Crippen LogP contribution in [-0.4, -0.2) is 16.6 Å². The molecule has 2 aliphatic rings. The quantitative estimate of drug-likeness (QED) is 0.194. The highest BCUT2D eigenvalue weighted by Crippen LogP contribution is 2.63. The van der Waals surface area contributed by atoms with Crippen LogP contribution in [0.5, 0.6) is 11.5 Å². The first-order valence-corrected chi connectivity index (χ1v) is 20.8. The molecule has 0 radical (unpaired) electrons. The molecule has 2 nitrogen and oxygen atoms in total. The van der Waals surface area contributed by atoms with Crippen molar-refractivity contribution in [2.75, 3.05) is 0 Å². The fourth-order valence-electron chi connectivity index (χ4n) is 6.13. The molecule has 0 saturated carbocycles. The summed E-state index contributed by atoms with van der Waals surface area (Å²) in [5.41, 5.74) is 10.2. The fourth-order valence-corrected chi connectivity index (χ4v) is 8.17. The average Bonchev–Trinajstić information content (AvgIpc) is 3.33. The van der Waals surface area contributed by atoms with Gasteiger partial charge in [0.05, 0.1) is 5.41 Å². The zero-order valence-electron chi connectivity index (χ0n) is 26.4. The van der Waals surface area contributed by atoms with Crippen LogP contribution in [0.2, 0.25) is 36.3 Å². The van der Waals surface area contributed by atoms with Gasteiger partial charge in [-0.25, -0.2) is 0 Å². The van der Waals surface area contributed by atoms with E-state index in [9.17, 15) is 0 Å². The number of hydrogen-bond acceptors (Lipinski definition) is 2. The van der Waals surface area contributed by atoms with Gasteiger partial charge in [0, 0.05) is 0 Å². The standard InChI is InChI=1S/C37H44O2Si2/c1-35(2,3)40(7,8)38-25-19-21-33-29(23-25)30-24-26(39-41(9,10)36(4,5)6)20-22-34(30)37(33)31-17-13-11-15-27(31)28-16-12-14-18-32(28)37/h11-24H,1-10H3. The summed E-state index contributed by atoms with van der Waals surface area (Å²) in [6.07, 6.45) is 0. The van der Waals surface area contributed by atoms with E-state index in [1.54, 1.807) is 0 Å². The maximum Gasteiger partial charge on any atom is 0.250 e. The van der Waals surface area contributed by atoms with E-state index in [-0.39, 0.29) is 15.5 Å². The van der Waals surface area contributed by atoms with Crippen molar-refractivity contribution in [3.63, 3.8) is 0 Å². The molecule has 0 fully saturated rings. The van der Waals surface area contributed by atoms with Crippen LogP contribution in [0.1, 0.15) is 63.8 Å². The fraction of sp³-hybridized carbons (Fsp3) is 0.351. The number of fused-ring (bicyclic) bond motifs is 10. The third-order valence-corrected chi connectivity index (χ3v) is 19.1. The van der Waals surface area contributed by atoms with E-state index < -0.39 is 16.6 Å². The summed E-state index contributed by atoms with van der Waals surface area (Å²) in [5, 5.41) is 0.247. The summed E-state index contributed by atoms with van der Waals surface area (Å²) in [5.74, 6) is 1.93. The molecule has 0 aliphatic heterocycles. The van der Waals surface area contributed by atoms with E-state index in [1.165, 1.54) is 44.5 Å². The molecule has 4 aromatic carbocycles. The topological polar surface area (TPSA) is 18.5 Å². The highest BCUT2D eigenvalue weighted by Gasteiger charge is 2.52. The van der Waals surface area contributed by atoms with Crippen molar-refractivity contribution in [1.82, 2.24) is 0 Å². The molecule has 2 aliphatic carbocycles. The molecular formula is C37H44O2Si2. The molecule has 0 N–H and O–H groups in total. The lowest BCUT2D eigenvalue weighted by Gasteiger charge is -2.36. The van der Waals surface area contributed by atoms with Gasteiger partial charge < -0.3 is 8.85 Å². The van der Waals surface area contributed by atoms with Gasteiger partial charge in [0.1, 0.15) is 11.5 Å². The Kier molecular flexibility index (Phi) is 6.13. The van der Waals surface area contributed by atoms with E-state index in [0.29, 0.717) is 0 Å². The van der Waals surface area contributed by atoms with Crippen molar-refractivity contribution in [3.8, 4) is 33.8 Å². The molecule has 6 rings (SSSR count). The molecule has 0 amide bonds. The van der Waals surface area contributed by atoms with Gasteiger partial charge in [0.25, 0.3) is 0 Å². The average molecular weight is 577 g/mol. The van der Waals surface area contributed by atoms with E-state index >= 15 is 0 Å². The summed E-state index contributed by atoms with van der Waals surface area (Å²) in [7, 11) is -4.02. The van der Waals surface area contributed by atoms with Crippen molar-refractivity contribution in [1.29, 1.82) is 0 Å². The van der Waals surface area contributed by atoms with Gasteiger partial charge in [0.2, 0.25) is 16.6 Å². The lowest BCUT2D eigenvalue weighted by molar-refractivity contribution is 0.491. The largest absolute Gasteiger partial charge is 0.543 e. The van der Waals surface area contributed by atoms with E-state index in [2.05, 4.69) is 153 Å². The van der Waals surface area contributed by atoms with Gasteiger partial charge in [-0.1, -0.05) is 102 Å². The summed E-state index contributed by atoms with van der Waals surface area (Å²) in [4.78, 5) is 0. The Bertz CT molecular complexity index is 1540. The Labute approximate surface area is 249 Å². The SMILES string of the molecule is CC(C)(C)[Si](C)(C)Oc1ccc2c(c1)-c1cc(O[Si](C)(C)C(C)(C)C)ccc1C21c2ccccc2-c2ccccc21. The lowest BCUT2D eigenvalue weighted by Crippen LogP contribution is -2.43. The second-order valence-corrected chi connectivity index (χ2v) is 24.4.